The molecule has 5 heteroatoms. The lowest BCUT2D eigenvalue weighted by Gasteiger charge is -1.98. The van der Waals surface area contributed by atoms with Crippen molar-refractivity contribution in [3.63, 3.8) is 0 Å². The summed E-state index contributed by atoms with van der Waals surface area (Å²) in [6, 6.07) is 22.9. The van der Waals surface area contributed by atoms with E-state index in [1.807, 2.05) is 30.3 Å². The normalized spacial score (nSPS) is 11.7. The van der Waals surface area contributed by atoms with Crippen molar-refractivity contribution in [1.29, 1.82) is 0 Å². The second kappa shape index (κ2) is 5.32. The molecule has 0 saturated carbocycles. The fraction of sp³-hybridized carbons (Fsp3) is 0. The molecule has 0 bridgehead atoms. The maximum atomic E-state index is 4.70. The minimum Gasteiger partial charge on any atom is -0.355 e. The molecule has 3 aromatic heterocycles. The molecule has 6 rings (SSSR count). The number of para-hydroxylation sites is 2. The predicted molar refractivity (Wildman–Crippen MR) is 108 cm³/mol. The van der Waals surface area contributed by atoms with Crippen LogP contribution in [0.3, 0.4) is 0 Å². The molecule has 0 fully saturated rings. The summed E-state index contributed by atoms with van der Waals surface area (Å²) in [5, 5.41) is 1.18. The van der Waals surface area contributed by atoms with Gasteiger partial charge in [0.2, 0.25) is 0 Å². The number of benzene rings is 3. The van der Waals surface area contributed by atoms with E-state index in [2.05, 4.69) is 56.3 Å². The SMILES string of the molecule is c1ccc2[nH]c(-c3ccc4cc(-c5ccc6nc[nH]c6c5)[nH]c4c3)nc2c1. The topological polar surface area (TPSA) is 73.2 Å². The van der Waals surface area contributed by atoms with Gasteiger partial charge in [-0.2, -0.15) is 0 Å². The van der Waals surface area contributed by atoms with Crippen molar-refractivity contribution in [2.75, 3.05) is 0 Å². The molecule has 0 amide bonds. The first-order valence-electron chi connectivity index (χ1n) is 8.85. The lowest BCUT2D eigenvalue weighted by atomic mass is 10.1. The van der Waals surface area contributed by atoms with Gasteiger partial charge in [-0.25, -0.2) is 9.97 Å². The van der Waals surface area contributed by atoms with Crippen molar-refractivity contribution in [2.24, 2.45) is 0 Å². The maximum absolute atomic E-state index is 4.70. The Morgan fingerprint density at radius 1 is 0.667 bits per heavy atom. The fourth-order valence-corrected chi connectivity index (χ4v) is 3.62. The largest absolute Gasteiger partial charge is 0.355 e. The third-order valence-electron chi connectivity index (χ3n) is 5.02. The Balaban J connectivity index is 1.46. The van der Waals surface area contributed by atoms with Crippen LogP contribution in [0.25, 0.3) is 55.6 Å². The van der Waals surface area contributed by atoms with Gasteiger partial charge >= 0.3 is 0 Å². The van der Waals surface area contributed by atoms with Crippen molar-refractivity contribution in [2.45, 2.75) is 0 Å². The van der Waals surface area contributed by atoms with Crippen molar-refractivity contribution < 1.29 is 0 Å². The molecule has 3 heterocycles. The van der Waals surface area contributed by atoms with E-state index in [0.29, 0.717) is 0 Å². The Morgan fingerprint density at radius 2 is 1.56 bits per heavy atom. The molecular weight excluding hydrogens is 334 g/mol. The van der Waals surface area contributed by atoms with Crippen molar-refractivity contribution in [3.8, 4) is 22.6 Å². The number of hydrogen-bond donors (Lipinski definition) is 3. The van der Waals surface area contributed by atoms with Crippen LogP contribution in [-0.2, 0) is 0 Å². The number of hydrogen-bond acceptors (Lipinski definition) is 2. The summed E-state index contributed by atoms with van der Waals surface area (Å²) in [6.07, 6.45) is 1.72. The van der Waals surface area contributed by atoms with Crippen LogP contribution in [0.5, 0.6) is 0 Å². The smallest absolute Gasteiger partial charge is 0.138 e. The van der Waals surface area contributed by atoms with Crippen LogP contribution < -0.4 is 0 Å². The van der Waals surface area contributed by atoms with E-state index in [-0.39, 0.29) is 0 Å². The minimum absolute atomic E-state index is 0.883. The van der Waals surface area contributed by atoms with Crippen molar-refractivity contribution >= 4 is 33.0 Å². The van der Waals surface area contributed by atoms with E-state index in [0.717, 1.165) is 50.2 Å². The standard InChI is InChI=1S/C22H15N5/c1-2-4-18-17(3-1)26-22(27-18)15-6-5-13-9-19(25-20(13)11-15)14-7-8-16-21(10-14)24-12-23-16/h1-12,25H,(H,23,24)(H,26,27). The first-order valence-corrected chi connectivity index (χ1v) is 8.85. The molecule has 6 aromatic rings. The third-order valence-corrected chi connectivity index (χ3v) is 5.02. The van der Waals surface area contributed by atoms with Gasteiger partial charge in [0.05, 0.1) is 28.4 Å². The Bertz CT molecular complexity index is 1400. The minimum atomic E-state index is 0.883. The Hall–Kier alpha value is -3.86. The van der Waals surface area contributed by atoms with Crippen molar-refractivity contribution in [1.82, 2.24) is 24.9 Å². The maximum Gasteiger partial charge on any atom is 0.138 e. The summed E-state index contributed by atoms with van der Waals surface area (Å²) in [6.45, 7) is 0. The van der Waals surface area contributed by atoms with Gasteiger partial charge in [0, 0.05) is 27.7 Å². The molecule has 3 N–H and O–H groups in total. The quantitative estimate of drug-likeness (QED) is 0.399. The monoisotopic (exact) mass is 349 g/mol. The first-order chi connectivity index (χ1) is 13.3. The molecule has 5 nitrogen and oxygen atoms in total. The van der Waals surface area contributed by atoms with E-state index < -0.39 is 0 Å². The molecule has 0 unspecified atom stereocenters. The van der Waals surface area contributed by atoms with Gasteiger partial charge in [-0.05, 0) is 36.4 Å². The summed E-state index contributed by atoms with van der Waals surface area (Å²) in [5.74, 6) is 0.883. The zero-order valence-electron chi connectivity index (χ0n) is 14.3. The van der Waals surface area contributed by atoms with E-state index in [9.17, 15) is 0 Å². The van der Waals surface area contributed by atoms with Gasteiger partial charge in [-0.1, -0.05) is 30.3 Å². The van der Waals surface area contributed by atoms with Gasteiger partial charge in [-0.3, -0.25) is 0 Å². The predicted octanol–water partition coefficient (Wildman–Crippen LogP) is 5.25. The number of fused-ring (bicyclic) bond motifs is 3. The Kier molecular flexibility index (Phi) is 2.82. The van der Waals surface area contributed by atoms with Crippen molar-refractivity contribution in [3.05, 3.63) is 73.1 Å². The molecule has 3 aromatic carbocycles. The number of nitrogens with zero attached hydrogens (tertiary/aromatic N) is 2. The molecule has 0 aliphatic heterocycles. The summed E-state index contributed by atoms with van der Waals surface area (Å²) >= 11 is 0. The molecule has 0 atom stereocenters. The van der Waals surface area contributed by atoms with E-state index in [4.69, 9.17) is 4.98 Å². The van der Waals surface area contributed by atoms with E-state index >= 15 is 0 Å². The lowest BCUT2D eigenvalue weighted by Crippen LogP contribution is -1.80. The first kappa shape index (κ1) is 14.3. The van der Waals surface area contributed by atoms with Crippen LogP contribution >= 0.6 is 0 Å². The summed E-state index contributed by atoms with van der Waals surface area (Å²) in [5.41, 5.74) is 8.41. The zero-order chi connectivity index (χ0) is 17.8. The molecule has 0 spiro atoms. The second-order valence-corrected chi connectivity index (χ2v) is 6.72. The number of rotatable bonds is 2. The van der Waals surface area contributed by atoms with Crippen LogP contribution in [0, 0.1) is 0 Å². The highest BCUT2D eigenvalue weighted by atomic mass is 14.9. The summed E-state index contributed by atoms with van der Waals surface area (Å²) in [4.78, 5) is 19.1. The molecule has 0 aliphatic rings. The highest BCUT2D eigenvalue weighted by Gasteiger charge is 2.09. The second-order valence-electron chi connectivity index (χ2n) is 6.72. The third kappa shape index (κ3) is 2.25. The van der Waals surface area contributed by atoms with Crippen LogP contribution in [0.15, 0.2) is 73.1 Å². The van der Waals surface area contributed by atoms with E-state index in [1.165, 1.54) is 5.39 Å². The number of aromatic amines is 3. The van der Waals surface area contributed by atoms with Crippen LogP contribution in [0.1, 0.15) is 0 Å². The number of nitrogens with one attached hydrogen (secondary N) is 3. The number of H-pyrrole nitrogens is 3. The fourth-order valence-electron chi connectivity index (χ4n) is 3.62. The molecule has 27 heavy (non-hydrogen) atoms. The number of imidazole rings is 2. The molecule has 0 aliphatic carbocycles. The number of aromatic nitrogens is 5. The van der Waals surface area contributed by atoms with Gasteiger partial charge in [-0.15, -0.1) is 0 Å². The summed E-state index contributed by atoms with van der Waals surface area (Å²) in [7, 11) is 0. The zero-order valence-corrected chi connectivity index (χ0v) is 14.3. The Labute approximate surface area is 154 Å². The molecule has 0 radical (unpaired) electrons. The highest BCUT2D eigenvalue weighted by molar-refractivity contribution is 5.91. The van der Waals surface area contributed by atoms with Gasteiger partial charge in [0.15, 0.2) is 0 Å². The highest BCUT2D eigenvalue weighted by Crippen LogP contribution is 2.29. The van der Waals surface area contributed by atoms with Crippen LogP contribution in [-0.4, -0.2) is 24.9 Å². The average molecular weight is 349 g/mol. The van der Waals surface area contributed by atoms with Gasteiger partial charge in [0.25, 0.3) is 0 Å². The van der Waals surface area contributed by atoms with Gasteiger partial charge in [0.1, 0.15) is 5.82 Å². The average Bonchev–Trinajstić information content (AvgIpc) is 3.42. The van der Waals surface area contributed by atoms with E-state index in [1.54, 1.807) is 6.33 Å². The van der Waals surface area contributed by atoms with Crippen LogP contribution in [0.2, 0.25) is 0 Å². The van der Waals surface area contributed by atoms with Crippen LogP contribution in [0.4, 0.5) is 0 Å². The lowest BCUT2D eigenvalue weighted by molar-refractivity contribution is 1.34. The Morgan fingerprint density at radius 3 is 2.52 bits per heavy atom. The molecule has 128 valence electrons. The molecule has 0 saturated heterocycles. The summed E-state index contributed by atoms with van der Waals surface area (Å²) < 4.78 is 0. The van der Waals surface area contributed by atoms with Gasteiger partial charge < -0.3 is 15.0 Å². The molecular formula is C22H15N5.